The van der Waals surface area contributed by atoms with Crippen LogP contribution in [0.5, 0.6) is 0 Å². The van der Waals surface area contributed by atoms with Crippen LogP contribution in [0.2, 0.25) is 5.02 Å². The summed E-state index contributed by atoms with van der Waals surface area (Å²) in [5, 5.41) is 4.17. The fourth-order valence-electron chi connectivity index (χ4n) is 1.97. The molecule has 4 heteroatoms. The normalized spacial score (nSPS) is 17.2. The van der Waals surface area contributed by atoms with Crippen LogP contribution in [0.25, 0.3) is 0 Å². The number of halogens is 3. The smallest absolute Gasteiger partial charge is 0.0417 e. The summed E-state index contributed by atoms with van der Waals surface area (Å²) in [4.78, 5) is 0. The molecule has 1 aliphatic heterocycles. The van der Waals surface area contributed by atoms with E-state index in [0.717, 1.165) is 22.6 Å². The van der Waals surface area contributed by atoms with Crippen molar-refractivity contribution in [2.24, 2.45) is 0 Å². The first-order chi connectivity index (χ1) is 6.77. The van der Waals surface area contributed by atoms with Gasteiger partial charge < -0.3 is 5.32 Å². The molecule has 0 saturated carbocycles. The number of piperidine rings is 1. The van der Waals surface area contributed by atoms with E-state index in [0.29, 0.717) is 5.92 Å². The lowest BCUT2D eigenvalue weighted by Gasteiger charge is -2.23. The first-order valence-electron chi connectivity index (χ1n) is 4.93. The van der Waals surface area contributed by atoms with Gasteiger partial charge in [0.2, 0.25) is 0 Å². The van der Waals surface area contributed by atoms with E-state index in [1.165, 1.54) is 18.4 Å². The van der Waals surface area contributed by atoms with E-state index < -0.39 is 0 Å². The van der Waals surface area contributed by atoms with E-state index in [2.05, 4.69) is 27.3 Å². The molecule has 1 aliphatic rings. The number of benzene rings is 1. The van der Waals surface area contributed by atoms with Crippen LogP contribution in [0.3, 0.4) is 0 Å². The maximum absolute atomic E-state index is 5.91. The summed E-state index contributed by atoms with van der Waals surface area (Å²) in [6.07, 6.45) is 2.44. The minimum atomic E-state index is 0. The molecule has 84 valence electrons. The van der Waals surface area contributed by atoms with Gasteiger partial charge in [-0.05, 0) is 49.5 Å². The zero-order valence-corrected chi connectivity index (χ0v) is 11.5. The molecule has 0 aliphatic carbocycles. The van der Waals surface area contributed by atoms with E-state index in [1.54, 1.807) is 0 Å². The molecule has 0 atom stereocenters. The van der Waals surface area contributed by atoms with Gasteiger partial charge in [-0.25, -0.2) is 0 Å². The lowest BCUT2D eigenvalue weighted by atomic mass is 9.90. The standard InChI is InChI=1S/C11H13BrClN.ClH/c12-11-7-9(13)1-2-10(11)8-3-5-14-6-4-8;/h1-2,7-8,14H,3-6H2;1H. The summed E-state index contributed by atoms with van der Waals surface area (Å²) < 4.78 is 1.15. The predicted molar refractivity (Wildman–Crippen MR) is 71.2 cm³/mol. The van der Waals surface area contributed by atoms with Crippen molar-refractivity contribution in [2.75, 3.05) is 13.1 Å². The number of rotatable bonds is 1. The maximum Gasteiger partial charge on any atom is 0.0417 e. The van der Waals surface area contributed by atoms with Gasteiger partial charge >= 0.3 is 0 Å². The van der Waals surface area contributed by atoms with Gasteiger partial charge in [-0.15, -0.1) is 12.4 Å². The van der Waals surface area contributed by atoms with E-state index >= 15 is 0 Å². The van der Waals surface area contributed by atoms with Crippen LogP contribution in [0, 0.1) is 0 Å². The summed E-state index contributed by atoms with van der Waals surface area (Å²) in [6.45, 7) is 2.25. The third-order valence-corrected chi connectivity index (χ3v) is 3.66. The second-order valence-electron chi connectivity index (χ2n) is 3.69. The average Bonchev–Trinajstić information content (AvgIpc) is 2.19. The molecule has 2 rings (SSSR count). The fraction of sp³-hybridized carbons (Fsp3) is 0.455. The molecule has 1 nitrogen and oxygen atoms in total. The molecule has 1 aromatic carbocycles. The molecular formula is C11H14BrCl2N. The molecule has 0 bridgehead atoms. The van der Waals surface area contributed by atoms with E-state index in [4.69, 9.17) is 11.6 Å². The molecule has 0 spiro atoms. The monoisotopic (exact) mass is 309 g/mol. The fourth-order valence-corrected chi connectivity index (χ4v) is 2.97. The zero-order chi connectivity index (χ0) is 9.97. The highest BCUT2D eigenvalue weighted by atomic mass is 79.9. The van der Waals surface area contributed by atoms with Crippen LogP contribution < -0.4 is 5.32 Å². The largest absolute Gasteiger partial charge is 0.317 e. The average molecular weight is 311 g/mol. The lowest BCUT2D eigenvalue weighted by molar-refractivity contribution is 0.459. The Labute approximate surface area is 110 Å². The van der Waals surface area contributed by atoms with Gasteiger partial charge in [0.1, 0.15) is 0 Å². The third kappa shape index (κ3) is 3.35. The second kappa shape index (κ2) is 6.09. The minimum absolute atomic E-state index is 0. The summed E-state index contributed by atoms with van der Waals surface area (Å²) in [5.41, 5.74) is 1.40. The van der Waals surface area contributed by atoms with Gasteiger partial charge in [-0.2, -0.15) is 0 Å². The molecule has 1 aromatic rings. The molecule has 1 saturated heterocycles. The summed E-state index contributed by atoms with van der Waals surface area (Å²) in [6, 6.07) is 6.10. The lowest BCUT2D eigenvalue weighted by Crippen LogP contribution is -2.26. The van der Waals surface area contributed by atoms with Crippen molar-refractivity contribution in [3.63, 3.8) is 0 Å². The number of hydrogen-bond donors (Lipinski definition) is 1. The van der Waals surface area contributed by atoms with Crippen LogP contribution in [0.1, 0.15) is 24.3 Å². The second-order valence-corrected chi connectivity index (χ2v) is 4.98. The molecule has 0 radical (unpaired) electrons. The molecule has 15 heavy (non-hydrogen) atoms. The van der Waals surface area contributed by atoms with Crippen LogP contribution in [0.15, 0.2) is 22.7 Å². The van der Waals surface area contributed by atoms with Gasteiger partial charge in [0.15, 0.2) is 0 Å². The molecule has 0 unspecified atom stereocenters. The Morgan fingerprint density at radius 2 is 1.93 bits per heavy atom. The van der Waals surface area contributed by atoms with Gasteiger partial charge in [0.05, 0.1) is 0 Å². The van der Waals surface area contributed by atoms with Gasteiger partial charge in [-0.1, -0.05) is 33.6 Å². The molecule has 1 fully saturated rings. The first-order valence-corrected chi connectivity index (χ1v) is 6.10. The quantitative estimate of drug-likeness (QED) is 0.827. The van der Waals surface area contributed by atoms with Crippen LogP contribution in [-0.2, 0) is 0 Å². The van der Waals surface area contributed by atoms with Crippen LogP contribution in [0.4, 0.5) is 0 Å². The maximum atomic E-state index is 5.91. The number of hydrogen-bond acceptors (Lipinski definition) is 1. The molecule has 1 heterocycles. The van der Waals surface area contributed by atoms with Crippen molar-refractivity contribution in [3.05, 3.63) is 33.3 Å². The van der Waals surface area contributed by atoms with Crippen molar-refractivity contribution < 1.29 is 0 Å². The molecule has 0 aromatic heterocycles. The van der Waals surface area contributed by atoms with Crippen molar-refractivity contribution in [2.45, 2.75) is 18.8 Å². The van der Waals surface area contributed by atoms with Crippen molar-refractivity contribution in [1.29, 1.82) is 0 Å². The Morgan fingerprint density at radius 1 is 1.27 bits per heavy atom. The third-order valence-electron chi connectivity index (χ3n) is 2.74. The Kier molecular flexibility index (Phi) is 5.41. The van der Waals surface area contributed by atoms with Gasteiger partial charge in [0, 0.05) is 9.50 Å². The molecule has 0 amide bonds. The van der Waals surface area contributed by atoms with E-state index in [-0.39, 0.29) is 12.4 Å². The highest BCUT2D eigenvalue weighted by Crippen LogP contribution is 2.32. The van der Waals surface area contributed by atoms with Crippen LogP contribution in [-0.4, -0.2) is 13.1 Å². The highest BCUT2D eigenvalue weighted by Gasteiger charge is 2.17. The Morgan fingerprint density at radius 3 is 2.53 bits per heavy atom. The first kappa shape index (κ1) is 13.3. The van der Waals surface area contributed by atoms with Gasteiger partial charge in [0.25, 0.3) is 0 Å². The van der Waals surface area contributed by atoms with E-state index in [9.17, 15) is 0 Å². The van der Waals surface area contributed by atoms with Crippen LogP contribution >= 0.6 is 39.9 Å². The Balaban J connectivity index is 0.00000112. The van der Waals surface area contributed by atoms with Crippen molar-refractivity contribution >= 4 is 39.9 Å². The Hall–Kier alpha value is 0.240. The topological polar surface area (TPSA) is 12.0 Å². The van der Waals surface area contributed by atoms with E-state index in [1.807, 2.05) is 12.1 Å². The predicted octanol–water partition coefficient (Wildman–Crippen LogP) is 3.99. The Bertz CT molecular complexity index is 324. The number of nitrogens with one attached hydrogen (secondary N) is 1. The van der Waals surface area contributed by atoms with Gasteiger partial charge in [-0.3, -0.25) is 0 Å². The molecular weight excluding hydrogens is 297 g/mol. The SMILES string of the molecule is Cl.Clc1ccc(C2CCNCC2)c(Br)c1. The summed E-state index contributed by atoms with van der Waals surface area (Å²) in [5.74, 6) is 0.683. The van der Waals surface area contributed by atoms with Crippen molar-refractivity contribution in [3.8, 4) is 0 Å². The summed E-state index contributed by atoms with van der Waals surface area (Å²) >= 11 is 9.49. The van der Waals surface area contributed by atoms with Crippen molar-refractivity contribution in [1.82, 2.24) is 5.32 Å². The zero-order valence-electron chi connectivity index (χ0n) is 8.30. The highest BCUT2D eigenvalue weighted by molar-refractivity contribution is 9.10. The summed E-state index contributed by atoms with van der Waals surface area (Å²) in [7, 11) is 0. The minimum Gasteiger partial charge on any atom is -0.317 e. The molecule has 1 N–H and O–H groups in total.